The Morgan fingerprint density at radius 3 is 2.42 bits per heavy atom. The van der Waals surface area contributed by atoms with Crippen LogP contribution in [0.3, 0.4) is 0 Å². The number of rotatable bonds is 10. The molecule has 0 N–H and O–H groups in total. The van der Waals surface area contributed by atoms with Crippen molar-refractivity contribution in [3.8, 4) is 0 Å². The predicted molar refractivity (Wildman–Crippen MR) is 108 cm³/mol. The second-order valence-electron chi connectivity index (χ2n) is 6.89. The molecular weight excluding hydrogens is 294 g/mol. The van der Waals surface area contributed by atoms with Crippen molar-refractivity contribution in [1.29, 1.82) is 0 Å². The maximum Gasteiger partial charge on any atom is 0.0344 e. The van der Waals surface area contributed by atoms with E-state index in [1.807, 2.05) is 13.1 Å². The van der Waals surface area contributed by atoms with E-state index in [9.17, 15) is 0 Å². The normalized spacial score (nSPS) is 18.8. The third-order valence-corrected chi connectivity index (χ3v) is 4.60. The topological polar surface area (TPSA) is 18.8 Å². The first-order valence-electron chi connectivity index (χ1n) is 9.41. The Kier molecular flexibility index (Phi) is 10.6. The number of hydrogen-bond acceptors (Lipinski definition) is 3. The van der Waals surface area contributed by atoms with Crippen LogP contribution in [-0.2, 0) is 0 Å². The van der Waals surface area contributed by atoms with E-state index < -0.39 is 0 Å². The van der Waals surface area contributed by atoms with Crippen molar-refractivity contribution >= 4 is 5.71 Å². The zero-order valence-electron chi connectivity index (χ0n) is 16.3. The van der Waals surface area contributed by atoms with Crippen LogP contribution in [0.15, 0.2) is 41.4 Å². The molecule has 0 aromatic rings. The van der Waals surface area contributed by atoms with E-state index in [2.05, 4.69) is 60.4 Å². The lowest BCUT2D eigenvalue weighted by Crippen LogP contribution is -2.49. The fraction of sp³-hybridized carbons (Fsp3) is 0.667. The Hall–Kier alpha value is -1.19. The molecule has 0 saturated carbocycles. The van der Waals surface area contributed by atoms with Crippen LogP contribution in [-0.4, -0.2) is 61.3 Å². The van der Waals surface area contributed by atoms with Gasteiger partial charge in [0.2, 0.25) is 0 Å². The van der Waals surface area contributed by atoms with Gasteiger partial charge in [-0.25, -0.2) is 0 Å². The molecule has 1 rings (SSSR count). The summed E-state index contributed by atoms with van der Waals surface area (Å²) >= 11 is 0. The fourth-order valence-electron chi connectivity index (χ4n) is 3.28. The zero-order chi connectivity index (χ0) is 17.8. The standard InChI is InChI=1S/C21H37N3/c1-6-10-21(11-7-2)24-16-14-23(15-17-24)13-9-8-12-20(22-5)18-19(3)4/h6-7,11,18,21H,1,8-10,12-17H2,2-5H3/b11-7-,22-20?. The van der Waals surface area contributed by atoms with E-state index in [4.69, 9.17) is 0 Å². The van der Waals surface area contributed by atoms with Crippen LogP contribution in [0.4, 0.5) is 0 Å². The van der Waals surface area contributed by atoms with Crippen LogP contribution in [0.2, 0.25) is 0 Å². The summed E-state index contributed by atoms with van der Waals surface area (Å²) in [6.07, 6.45) is 13.4. The van der Waals surface area contributed by atoms with Crippen LogP contribution in [0.5, 0.6) is 0 Å². The molecule has 0 amide bonds. The molecule has 1 heterocycles. The van der Waals surface area contributed by atoms with Crippen molar-refractivity contribution in [1.82, 2.24) is 9.80 Å². The lowest BCUT2D eigenvalue weighted by Gasteiger charge is -2.38. The van der Waals surface area contributed by atoms with Gasteiger partial charge in [0.25, 0.3) is 0 Å². The Labute approximate surface area is 149 Å². The molecule has 0 aliphatic carbocycles. The van der Waals surface area contributed by atoms with Crippen LogP contribution in [0, 0.1) is 0 Å². The Morgan fingerprint density at radius 2 is 1.88 bits per heavy atom. The highest BCUT2D eigenvalue weighted by Gasteiger charge is 2.20. The number of hydrogen-bond donors (Lipinski definition) is 0. The maximum absolute atomic E-state index is 4.38. The molecule has 24 heavy (non-hydrogen) atoms. The van der Waals surface area contributed by atoms with E-state index in [0.717, 1.165) is 12.8 Å². The van der Waals surface area contributed by atoms with Crippen molar-refractivity contribution in [3.05, 3.63) is 36.5 Å². The van der Waals surface area contributed by atoms with Crippen LogP contribution >= 0.6 is 0 Å². The van der Waals surface area contributed by atoms with Gasteiger partial charge in [-0.3, -0.25) is 9.89 Å². The third kappa shape index (κ3) is 8.07. The minimum Gasteiger partial charge on any atom is -0.301 e. The van der Waals surface area contributed by atoms with Gasteiger partial charge in [-0.05, 0) is 59.1 Å². The summed E-state index contributed by atoms with van der Waals surface area (Å²) in [7, 11) is 1.90. The van der Waals surface area contributed by atoms with Gasteiger partial charge in [-0.15, -0.1) is 6.58 Å². The molecule has 3 heteroatoms. The maximum atomic E-state index is 4.38. The SMILES string of the molecule is C=CCC(/C=C\C)N1CCN(CCCCC(C=C(C)C)=NC)CC1. The Bertz CT molecular complexity index is 436. The van der Waals surface area contributed by atoms with Gasteiger partial charge >= 0.3 is 0 Å². The molecule has 0 bridgehead atoms. The van der Waals surface area contributed by atoms with E-state index in [1.165, 1.54) is 56.9 Å². The van der Waals surface area contributed by atoms with Gasteiger partial charge in [0, 0.05) is 45.0 Å². The molecule has 3 nitrogen and oxygen atoms in total. The average Bonchev–Trinajstić information content (AvgIpc) is 2.57. The number of aliphatic imine (C=N–C) groups is 1. The summed E-state index contributed by atoms with van der Waals surface area (Å²) in [6, 6.07) is 0.530. The number of allylic oxidation sites excluding steroid dienone is 3. The molecule has 1 aliphatic heterocycles. The molecule has 1 unspecified atom stereocenters. The molecule has 1 saturated heterocycles. The molecule has 0 aromatic carbocycles. The smallest absolute Gasteiger partial charge is 0.0344 e. The van der Waals surface area contributed by atoms with Gasteiger partial charge in [0.05, 0.1) is 0 Å². The highest BCUT2D eigenvalue weighted by molar-refractivity contribution is 5.95. The van der Waals surface area contributed by atoms with Gasteiger partial charge in [0.15, 0.2) is 0 Å². The van der Waals surface area contributed by atoms with Crippen molar-refractivity contribution in [2.24, 2.45) is 4.99 Å². The van der Waals surface area contributed by atoms with Crippen molar-refractivity contribution in [2.75, 3.05) is 39.8 Å². The second-order valence-corrected chi connectivity index (χ2v) is 6.89. The van der Waals surface area contributed by atoms with Crippen molar-refractivity contribution in [2.45, 2.75) is 52.5 Å². The lowest BCUT2D eigenvalue weighted by molar-refractivity contribution is 0.111. The second kappa shape index (κ2) is 12.2. The number of unbranched alkanes of at least 4 members (excludes halogenated alkanes) is 1. The molecule has 1 fully saturated rings. The van der Waals surface area contributed by atoms with Crippen LogP contribution in [0.1, 0.15) is 46.5 Å². The van der Waals surface area contributed by atoms with E-state index >= 15 is 0 Å². The monoisotopic (exact) mass is 331 g/mol. The molecule has 0 aromatic heterocycles. The molecular formula is C21H37N3. The quantitative estimate of drug-likeness (QED) is 0.337. The number of nitrogens with zero attached hydrogens (tertiary/aromatic N) is 3. The third-order valence-electron chi connectivity index (χ3n) is 4.60. The van der Waals surface area contributed by atoms with Crippen LogP contribution < -0.4 is 0 Å². The average molecular weight is 332 g/mol. The molecule has 136 valence electrons. The molecule has 0 radical (unpaired) electrons. The molecule has 0 spiro atoms. The van der Waals surface area contributed by atoms with E-state index in [-0.39, 0.29) is 0 Å². The summed E-state index contributed by atoms with van der Waals surface area (Å²) in [4.78, 5) is 9.59. The van der Waals surface area contributed by atoms with Crippen molar-refractivity contribution in [3.63, 3.8) is 0 Å². The lowest BCUT2D eigenvalue weighted by atomic mass is 10.1. The summed E-state index contributed by atoms with van der Waals surface area (Å²) in [5.74, 6) is 0. The minimum absolute atomic E-state index is 0.530. The first-order chi connectivity index (χ1) is 11.6. The van der Waals surface area contributed by atoms with Crippen molar-refractivity contribution < 1.29 is 0 Å². The highest BCUT2D eigenvalue weighted by atomic mass is 15.3. The summed E-state index contributed by atoms with van der Waals surface area (Å²) in [6.45, 7) is 16.2. The molecule has 1 atom stereocenters. The van der Waals surface area contributed by atoms with Crippen LogP contribution in [0.25, 0.3) is 0 Å². The fourth-order valence-corrected chi connectivity index (χ4v) is 3.28. The largest absolute Gasteiger partial charge is 0.301 e. The highest BCUT2D eigenvalue weighted by Crippen LogP contribution is 2.12. The van der Waals surface area contributed by atoms with Gasteiger partial charge < -0.3 is 4.90 Å². The molecule has 1 aliphatic rings. The van der Waals surface area contributed by atoms with E-state index in [1.54, 1.807) is 0 Å². The van der Waals surface area contributed by atoms with Gasteiger partial charge in [-0.2, -0.15) is 0 Å². The zero-order valence-corrected chi connectivity index (χ0v) is 16.3. The first-order valence-corrected chi connectivity index (χ1v) is 9.41. The Balaban J connectivity index is 2.26. The first kappa shape index (κ1) is 20.9. The predicted octanol–water partition coefficient (Wildman–Crippen LogP) is 4.33. The summed E-state index contributed by atoms with van der Waals surface area (Å²) < 4.78 is 0. The van der Waals surface area contributed by atoms with E-state index in [0.29, 0.717) is 6.04 Å². The number of piperazine rings is 1. The Morgan fingerprint density at radius 1 is 1.17 bits per heavy atom. The van der Waals surface area contributed by atoms with Gasteiger partial charge in [0.1, 0.15) is 0 Å². The minimum atomic E-state index is 0.530. The summed E-state index contributed by atoms with van der Waals surface area (Å²) in [5, 5.41) is 0. The summed E-state index contributed by atoms with van der Waals surface area (Å²) in [5.41, 5.74) is 2.57. The van der Waals surface area contributed by atoms with Gasteiger partial charge in [-0.1, -0.05) is 23.8 Å².